The highest BCUT2D eigenvalue weighted by atomic mass is 32.2. The summed E-state index contributed by atoms with van der Waals surface area (Å²) in [6.07, 6.45) is 0. The van der Waals surface area contributed by atoms with Gasteiger partial charge in [-0.3, -0.25) is 0 Å². The van der Waals surface area contributed by atoms with E-state index in [0.717, 1.165) is 15.6 Å². The van der Waals surface area contributed by atoms with Crippen molar-refractivity contribution in [3.63, 3.8) is 0 Å². The van der Waals surface area contributed by atoms with E-state index in [1.807, 2.05) is 0 Å². The second kappa shape index (κ2) is 4.96. The number of benzene rings is 1. The molecule has 0 saturated carbocycles. The van der Waals surface area contributed by atoms with E-state index < -0.39 is 0 Å². The number of hydrogen-bond donors (Lipinski definition) is 1. The minimum atomic E-state index is 0.197. The Morgan fingerprint density at radius 1 is 1.35 bits per heavy atom. The number of thiazole rings is 1. The lowest BCUT2D eigenvalue weighted by Crippen LogP contribution is -2.10. The van der Waals surface area contributed by atoms with Crippen molar-refractivity contribution in [3.05, 3.63) is 23.8 Å². The molecule has 0 aliphatic carbocycles. The summed E-state index contributed by atoms with van der Waals surface area (Å²) in [5.41, 5.74) is 8.17. The van der Waals surface area contributed by atoms with Crippen LogP contribution in [0.1, 0.15) is 26.3 Å². The molecule has 4 heteroatoms. The van der Waals surface area contributed by atoms with Gasteiger partial charge in [0.2, 0.25) is 0 Å². The molecule has 2 N–H and O–H groups in total. The van der Waals surface area contributed by atoms with Crippen LogP contribution in [0.15, 0.2) is 22.5 Å². The Morgan fingerprint density at radius 3 is 2.76 bits per heavy atom. The first kappa shape index (κ1) is 12.9. The third-order valence-corrected chi connectivity index (χ3v) is 4.77. The van der Waals surface area contributed by atoms with E-state index >= 15 is 0 Å². The predicted octanol–water partition coefficient (Wildman–Crippen LogP) is 3.64. The first-order valence-electron chi connectivity index (χ1n) is 5.74. The number of fused-ring (bicyclic) bond motifs is 1. The van der Waals surface area contributed by atoms with Crippen LogP contribution in [0.3, 0.4) is 0 Å². The Labute approximate surface area is 111 Å². The molecule has 0 bridgehead atoms. The zero-order valence-corrected chi connectivity index (χ0v) is 12.1. The summed E-state index contributed by atoms with van der Waals surface area (Å²) < 4.78 is 2.40. The molecule has 1 aromatic carbocycles. The fraction of sp³-hybridized carbons (Fsp3) is 0.462. The maximum atomic E-state index is 5.51. The molecule has 0 radical (unpaired) electrons. The largest absolute Gasteiger partial charge is 0.330 e. The quantitative estimate of drug-likeness (QED) is 0.862. The standard InChI is InChI=1S/C13H18N2S2/c1-13(2,3)9-4-5-10-11(8-9)17-12(15-10)16-7-6-14/h4-5,8H,6-7,14H2,1-3H3. The van der Waals surface area contributed by atoms with Gasteiger partial charge in [0.05, 0.1) is 10.2 Å². The fourth-order valence-electron chi connectivity index (χ4n) is 1.58. The van der Waals surface area contributed by atoms with Crippen LogP contribution in [-0.4, -0.2) is 17.3 Å². The van der Waals surface area contributed by atoms with E-state index in [4.69, 9.17) is 5.73 Å². The molecule has 2 aromatic rings. The molecule has 0 amide bonds. The molecule has 0 aliphatic rings. The highest BCUT2D eigenvalue weighted by Gasteiger charge is 2.15. The molecule has 0 spiro atoms. The van der Waals surface area contributed by atoms with Crippen molar-refractivity contribution in [2.75, 3.05) is 12.3 Å². The molecular formula is C13H18N2S2. The van der Waals surface area contributed by atoms with Gasteiger partial charge < -0.3 is 5.73 Å². The SMILES string of the molecule is CC(C)(C)c1ccc2nc(SCCN)sc2c1. The molecule has 17 heavy (non-hydrogen) atoms. The zero-order valence-electron chi connectivity index (χ0n) is 10.5. The number of hydrogen-bond acceptors (Lipinski definition) is 4. The van der Waals surface area contributed by atoms with E-state index in [1.165, 1.54) is 10.3 Å². The van der Waals surface area contributed by atoms with Crippen molar-refractivity contribution in [2.24, 2.45) is 5.73 Å². The van der Waals surface area contributed by atoms with Crippen molar-refractivity contribution in [1.29, 1.82) is 0 Å². The van der Waals surface area contributed by atoms with Gasteiger partial charge in [0.25, 0.3) is 0 Å². The second-order valence-electron chi connectivity index (χ2n) is 5.05. The average Bonchev–Trinajstić information content (AvgIpc) is 2.66. The molecule has 1 heterocycles. The molecule has 92 valence electrons. The van der Waals surface area contributed by atoms with Gasteiger partial charge in [-0.2, -0.15) is 0 Å². The Balaban J connectivity index is 2.34. The Bertz CT molecular complexity index is 512. The molecule has 0 fully saturated rings. The number of nitrogens with zero attached hydrogens (tertiary/aromatic N) is 1. The van der Waals surface area contributed by atoms with Crippen molar-refractivity contribution < 1.29 is 0 Å². The van der Waals surface area contributed by atoms with Crippen LogP contribution in [-0.2, 0) is 5.41 Å². The smallest absolute Gasteiger partial charge is 0.151 e. The number of thioether (sulfide) groups is 1. The Morgan fingerprint density at radius 2 is 2.12 bits per heavy atom. The Kier molecular flexibility index (Phi) is 3.76. The molecule has 2 nitrogen and oxygen atoms in total. The van der Waals surface area contributed by atoms with Crippen molar-refractivity contribution >= 4 is 33.3 Å². The highest BCUT2D eigenvalue weighted by molar-refractivity contribution is 8.01. The normalized spacial score (nSPS) is 12.2. The van der Waals surface area contributed by atoms with Gasteiger partial charge >= 0.3 is 0 Å². The maximum Gasteiger partial charge on any atom is 0.151 e. The van der Waals surface area contributed by atoms with Gasteiger partial charge in [-0.1, -0.05) is 38.6 Å². The molecule has 0 unspecified atom stereocenters. The van der Waals surface area contributed by atoms with Crippen LogP contribution in [0.4, 0.5) is 0 Å². The fourth-order valence-corrected chi connectivity index (χ4v) is 3.52. The summed E-state index contributed by atoms with van der Waals surface area (Å²) in [6, 6.07) is 6.57. The Hall–Kier alpha value is -0.580. The lowest BCUT2D eigenvalue weighted by atomic mass is 9.87. The third-order valence-electron chi connectivity index (χ3n) is 2.58. The summed E-state index contributed by atoms with van der Waals surface area (Å²) in [7, 11) is 0. The van der Waals surface area contributed by atoms with Crippen LogP contribution in [0.5, 0.6) is 0 Å². The maximum absolute atomic E-state index is 5.51. The van der Waals surface area contributed by atoms with Crippen LogP contribution in [0.2, 0.25) is 0 Å². The van der Waals surface area contributed by atoms with Crippen molar-refractivity contribution in [1.82, 2.24) is 4.98 Å². The predicted molar refractivity (Wildman–Crippen MR) is 78.1 cm³/mol. The molecular weight excluding hydrogens is 248 g/mol. The number of nitrogens with two attached hydrogens (primary N) is 1. The van der Waals surface area contributed by atoms with Gasteiger partial charge in [-0.25, -0.2) is 4.98 Å². The van der Waals surface area contributed by atoms with Crippen LogP contribution < -0.4 is 5.73 Å². The van der Waals surface area contributed by atoms with Gasteiger partial charge in [-0.05, 0) is 23.1 Å². The van der Waals surface area contributed by atoms with Crippen LogP contribution in [0.25, 0.3) is 10.2 Å². The zero-order chi connectivity index (χ0) is 12.5. The van der Waals surface area contributed by atoms with Crippen molar-refractivity contribution in [2.45, 2.75) is 30.5 Å². The van der Waals surface area contributed by atoms with Gasteiger partial charge in [0.1, 0.15) is 0 Å². The molecule has 0 aliphatic heterocycles. The lowest BCUT2D eigenvalue weighted by molar-refractivity contribution is 0.591. The highest BCUT2D eigenvalue weighted by Crippen LogP contribution is 2.32. The first-order valence-corrected chi connectivity index (χ1v) is 7.55. The van der Waals surface area contributed by atoms with E-state index in [9.17, 15) is 0 Å². The molecule has 2 rings (SSSR count). The monoisotopic (exact) mass is 266 g/mol. The van der Waals surface area contributed by atoms with Gasteiger partial charge in [-0.15, -0.1) is 11.3 Å². The first-order chi connectivity index (χ1) is 8.00. The minimum Gasteiger partial charge on any atom is -0.330 e. The topological polar surface area (TPSA) is 38.9 Å². The summed E-state index contributed by atoms with van der Waals surface area (Å²) in [4.78, 5) is 4.60. The van der Waals surface area contributed by atoms with E-state index in [1.54, 1.807) is 23.1 Å². The van der Waals surface area contributed by atoms with Crippen LogP contribution >= 0.6 is 23.1 Å². The summed E-state index contributed by atoms with van der Waals surface area (Å²) in [5, 5.41) is 0. The summed E-state index contributed by atoms with van der Waals surface area (Å²) in [5.74, 6) is 0.936. The van der Waals surface area contributed by atoms with Crippen LogP contribution in [0, 0.1) is 0 Å². The van der Waals surface area contributed by atoms with Gasteiger partial charge in [0.15, 0.2) is 4.34 Å². The van der Waals surface area contributed by atoms with E-state index in [2.05, 4.69) is 44.0 Å². The number of aromatic nitrogens is 1. The summed E-state index contributed by atoms with van der Waals surface area (Å²) >= 11 is 3.51. The van der Waals surface area contributed by atoms with E-state index in [0.29, 0.717) is 6.54 Å². The molecule has 1 aromatic heterocycles. The minimum absolute atomic E-state index is 0.197. The lowest BCUT2D eigenvalue weighted by Gasteiger charge is -2.18. The second-order valence-corrected chi connectivity index (χ2v) is 7.42. The van der Waals surface area contributed by atoms with E-state index in [-0.39, 0.29) is 5.41 Å². The average molecular weight is 266 g/mol. The third kappa shape index (κ3) is 3.00. The van der Waals surface area contributed by atoms with Crippen molar-refractivity contribution in [3.8, 4) is 0 Å². The molecule has 0 saturated heterocycles. The summed E-state index contributed by atoms with van der Waals surface area (Å²) in [6.45, 7) is 7.41. The number of rotatable bonds is 3. The molecule has 0 atom stereocenters. The van der Waals surface area contributed by atoms with Gasteiger partial charge in [0, 0.05) is 12.3 Å².